The summed E-state index contributed by atoms with van der Waals surface area (Å²) in [6.45, 7) is 0. The largest absolute Gasteiger partial charge is 0.481 e. The molecule has 0 aromatic rings. The smallest absolute Gasteiger partial charge is 0.309 e. The van der Waals surface area contributed by atoms with E-state index in [0.29, 0.717) is 12.8 Å². The molecule has 1 aliphatic carbocycles. The number of methoxy groups -OCH3 is 1. The minimum Gasteiger partial charge on any atom is -0.481 e. The van der Waals surface area contributed by atoms with Crippen LogP contribution in [0, 0.1) is 17.8 Å². The minimum atomic E-state index is -0.968. The lowest BCUT2D eigenvalue weighted by molar-refractivity contribution is -0.154. The van der Waals surface area contributed by atoms with E-state index in [-0.39, 0.29) is 24.7 Å². The Labute approximate surface area is 105 Å². The number of esters is 1. The molecule has 0 unspecified atom stereocenters. The molecule has 18 heavy (non-hydrogen) atoms. The van der Waals surface area contributed by atoms with Crippen LogP contribution in [0.1, 0.15) is 32.1 Å². The minimum absolute atomic E-state index is 0.115. The number of carboxylic acid groups (broad SMARTS) is 2. The Hall–Kier alpha value is -1.59. The first-order chi connectivity index (χ1) is 8.45. The number of hydrogen-bond acceptors (Lipinski definition) is 4. The summed E-state index contributed by atoms with van der Waals surface area (Å²) in [7, 11) is 1.24. The second-order valence-corrected chi connectivity index (χ2v) is 4.70. The highest BCUT2D eigenvalue weighted by molar-refractivity contribution is 5.76. The van der Waals surface area contributed by atoms with Gasteiger partial charge in [0.05, 0.1) is 13.0 Å². The van der Waals surface area contributed by atoms with Crippen LogP contribution in [0.5, 0.6) is 0 Å². The molecule has 0 bridgehead atoms. The SMILES string of the molecule is COC(=O)C1[C@@H](CC(=O)O)CCC[C@@H]1CC(=O)O. The van der Waals surface area contributed by atoms with Crippen LogP contribution in [0.2, 0.25) is 0 Å². The fraction of sp³-hybridized carbons (Fsp3) is 0.750. The van der Waals surface area contributed by atoms with Gasteiger partial charge in [0.2, 0.25) is 0 Å². The molecule has 2 N–H and O–H groups in total. The van der Waals surface area contributed by atoms with Gasteiger partial charge in [-0.3, -0.25) is 14.4 Å². The standard InChI is InChI=1S/C12H18O6/c1-18-12(17)11-7(5-9(13)14)3-2-4-8(11)6-10(15)16/h7-8,11H,2-6H2,1H3,(H,13,14)(H,15,16)/t7-,8-/m1/s1. The van der Waals surface area contributed by atoms with Crippen molar-refractivity contribution in [3.63, 3.8) is 0 Å². The predicted octanol–water partition coefficient (Wildman–Crippen LogP) is 1.14. The Kier molecular flexibility index (Phi) is 5.12. The summed E-state index contributed by atoms with van der Waals surface area (Å²) in [6.07, 6.45) is 1.78. The third kappa shape index (κ3) is 3.72. The third-order valence-corrected chi connectivity index (χ3v) is 3.51. The Balaban J connectivity index is 2.85. The molecule has 0 amide bonds. The highest BCUT2D eigenvalue weighted by Gasteiger charge is 2.40. The van der Waals surface area contributed by atoms with Crippen LogP contribution in [0.25, 0.3) is 0 Å². The monoisotopic (exact) mass is 258 g/mol. The van der Waals surface area contributed by atoms with Crippen LogP contribution in [-0.2, 0) is 19.1 Å². The van der Waals surface area contributed by atoms with Gasteiger partial charge in [-0.1, -0.05) is 6.42 Å². The van der Waals surface area contributed by atoms with Gasteiger partial charge in [0.1, 0.15) is 0 Å². The van der Waals surface area contributed by atoms with Gasteiger partial charge in [0.15, 0.2) is 0 Å². The van der Waals surface area contributed by atoms with Crippen LogP contribution >= 0.6 is 0 Å². The summed E-state index contributed by atoms with van der Waals surface area (Å²) in [5.41, 5.74) is 0. The second-order valence-electron chi connectivity index (χ2n) is 4.70. The molecule has 0 spiro atoms. The van der Waals surface area contributed by atoms with Gasteiger partial charge < -0.3 is 14.9 Å². The molecule has 1 rings (SSSR count). The van der Waals surface area contributed by atoms with E-state index >= 15 is 0 Å². The van der Waals surface area contributed by atoms with Gasteiger partial charge in [0.25, 0.3) is 0 Å². The van der Waals surface area contributed by atoms with Crippen molar-refractivity contribution >= 4 is 17.9 Å². The second kappa shape index (κ2) is 6.37. The van der Waals surface area contributed by atoms with Gasteiger partial charge in [-0.2, -0.15) is 0 Å². The summed E-state index contributed by atoms with van der Waals surface area (Å²) in [5, 5.41) is 17.7. The normalized spacial score (nSPS) is 24.5. The fourth-order valence-electron chi connectivity index (χ4n) is 2.81. The number of carbonyl (C=O) groups is 3. The molecule has 2 atom stereocenters. The molecule has 1 fully saturated rings. The molecule has 1 aliphatic rings. The lowest BCUT2D eigenvalue weighted by Crippen LogP contribution is -2.37. The van der Waals surface area contributed by atoms with Gasteiger partial charge in [-0.25, -0.2) is 0 Å². The number of hydrogen-bond donors (Lipinski definition) is 2. The van der Waals surface area contributed by atoms with Crippen molar-refractivity contribution in [3.8, 4) is 0 Å². The number of rotatable bonds is 5. The van der Waals surface area contributed by atoms with Crippen molar-refractivity contribution in [1.29, 1.82) is 0 Å². The van der Waals surface area contributed by atoms with Crippen molar-refractivity contribution in [2.45, 2.75) is 32.1 Å². The highest BCUT2D eigenvalue weighted by atomic mass is 16.5. The molecule has 0 radical (unpaired) electrons. The van der Waals surface area contributed by atoms with Crippen molar-refractivity contribution in [2.24, 2.45) is 17.8 Å². The zero-order valence-electron chi connectivity index (χ0n) is 10.3. The molecule has 0 aromatic carbocycles. The van der Waals surface area contributed by atoms with E-state index in [1.165, 1.54) is 7.11 Å². The highest BCUT2D eigenvalue weighted by Crippen LogP contribution is 2.39. The molecule has 0 aromatic heterocycles. The third-order valence-electron chi connectivity index (χ3n) is 3.51. The molecular weight excluding hydrogens is 240 g/mol. The Morgan fingerprint density at radius 1 is 1.06 bits per heavy atom. The van der Waals surface area contributed by atoms with Gasteiger partial charge in [0, 0.05) is 12.8 Å². The Morgan fingerprint density at radius 3 is 1.83 bits per heavy atom. The first-order valence-electron chi connectivity index (χ1n) is 5.97. The predicted molar refractivity (Wildman–Crippen MR) is 60.8 cm³/mol. The molecule has 102 valence electrons. The molecule has 0 saturated heterocycles. The van der Waals surface area contributed by atoms with Crippen LogP contribution in [0.15, 0.2) is 0 Å². The van der Waals surface area contributed by atoms with E-state index in [0.717, 1.165) is 6.42 Å². The first kappa shape index (κ1) is 14.5. The van der Waals surface area contributed by atoms with E-state index in [9.17, 15) is 14.4 Å². The molecule has 6 nitrogen and oxygen atoms in total. The van der Waals surface area contributed by atoms with Crippen LogP contribution in [0.4, 0.5) is 0 Å². The van der Waals surface area contributed by atoms with Crippen molar-refractivity contribution in [3.05, 3.63) is 0 Å². The maximum Gasteiger partial charge on any atom is 0.309 e. The van der Waals surface area contributed by atoms with E-state index < -0.39 is 23.8 Å². The average Bonchev–Trinajstić information content (AvgIpc) is 2.27. The molecule has 6 heteroatoms. The van der Waals surface area contributed by atoms with Gasteiger partial charge in [-0.15, -0.1) is 0 Å². The molecule has 0 aliphatic heterocycles. The van der Waals surface area contributed by atoms with E-state index in [2.05, 4.69) is 4.74 Å². The van der Waals surface area contributed by atoms with E-state index in [1.54, 1.807) is 0 Å². The number of ether oxygens (including phenoxy) is 1. The zero-order valence-corrected chi connectivity index (χ0v) is 10.3. The molecule has 0 heterocycles. The van der Waals surface area contributed by atoms with Crippen molar-refractivity contribution in [2.75, 3.05) is 7.11 Å². The van der Waals surface area contributed by atoms with Crippen molar-refractivity contribution < 1.29 is 29.3 Å². The van der Waals surface area contributed by atoms with Crippen molar-refractivity contribution in [1.82, 2.24) is 0 Å². The number of carboxylic acids is 2. The van der Waals surface area contributed by atoms with Crippen LogP contribution < -0.4 is 0 Å². The molecule has 1 saturated carbocycles. The summed E-state index contributed by atoms with van der Waals surface area (Å²) in [6, 6.07) is 0. The fourth-order valence-corrected chi connectivity index (χ4v) is 2.81. The van der Waals surface area contributed by atoms with Crippen LogP contribution in [0.3, 0.4) is 0 Å². The maximum atomic E-state index is 11.7. The quantitative estimate of drug-likeness (QED) is 0.717. The summed E-state index contributed by atoms with van der Waals surface area (Å²) >= 11 is 0. The summed E-state index contributed by atoms with van der Waals surface area (Å²) in [4.78, 5) is 33.3. The lowest BCUT2D eigenvalue weighted by Gasteiger charge is -2.35. The molecular formula is C12H18O6. The zero-order chi connectivity index (χ0) is 13.7. The number of aliphatic carboxylic acids is 2. The Morgan fingerprint density at radius 2 is 1.50 bits per heavy atom. The van der Waals surface area contributed by atoms with Crippen LogP contribution in [-0.4, -0.2) is 35.2 Å². The van der Waals surface area contributed by atoms with Gasteiger partial charge in [-0.05, 0) is 24.7 Å². The average molecular weight is 258 g/mol. The maximum absolute atomic E-state index is 11.7. The van der Waals surface area contributed by atoms with Gasteiger partial charge >= 0.3 is 17.9 Å². The summed E-state index contributed by atoms with van der Waals surface area (Å²) in [5.74, 6) is -3.70. The first-order valence-corrected chi connectivity index (χ1v) is 5.97. The lowest BCUT2D eigenvalue weighted by atomic mass is 9.69. The topological polar surface area (TPSA) is 101 Å². The summed E-state index contributed by atoms with van der Waals surface area (Å²) < 4.78 is 4.69. The Bertz CT molecular complexity index is 313. The van der Waals surface area contributed by atoms with E-state index in [1.807, 2.05) is 0 Å². The number of carbonyl (C=O) groups excluding carboxylic acids is 1. The van der Waals surface area contributed by atoms with E-state index in [4.69, 9.17) is 10.2 Å².